The number of benzene rings is 2. The SMILES string of the molecule is CCn1c(=O)c(-c2ccc(-c3cc(N(C)C)ncn3)cc2Cl)cc2cnc(Nc3ccc(C4CCN(C)CC4)cc3)nc21. The highest BCUT2D eigenvalue weighted by atomic mass is 35.5. The number of halogens is 1. The normalized spacial score (nSPS) is 14.3. The molecule has 10 heteroatoms. The van der Waals surface area contributed by atoms with Crippen LogP contribution < -0.4 is 15.8 Å². The topological polar surface area (TPSA) is 92.1 Å². The second-order valence-electron chi connectivity index (χ2n) is 11.3. The highest BCUT2D eigenvalue weighted by Crippen LogP contribution is 2.33. The smallest absolute Gasteiger partial charge is 0.260 e. The third-order valence-electron chi connectivity index (χ3n) is 8.17. The van der Waals surface area contributed by atoms with E-state index in [4.69, 9.17) is 16.6 Å². The van der Waals surface area contributed by atoms with Crippen LogP contribution in [0.3, 0.4) is 0 Å². The number of anilines is 3. The summed E-state index contributed by atoms with van der Waals surface area (Å²) in [6, 6.07) is 17.9. The Kier molecular flexibility index (Phi) is 8.10. The maximum atomic E-state index is 13.7. The Morgan fingerprint density at radius 3 is 2.44 bits per heavy atom. The van der Waals surface area contributed by atoms with Crippen LogP contribution in [0.4, 0.5) is 17.5 Å². The number of hydrogen-bond donors (Lipinski definition) is 1. The Labute approximate surface area is 256 Å². The van der Waals surface area contributed by atoms with E-state index < -0.39 is 0 Å². The van der Waals surface area contributed by atoms with Crippen LogP contribution in [0.5, 0.6) is 0 Å². The Balaban J connectivity index is 1.28. The Hall–Kier alpha value is -4.34. The van der Waals surface area contributed by atoms with Gasteiger partial charge in [0.1, 0.15) is 17.8 Å². The molecule has 0 bridgehead atoms. The maximum Gasteiger partial charge on any atom is 0.260 e. The predicted molar refractivity (Wildman–Crippen MR) is 174 cm³/mol. The fourth-order valence-corrected chi connectivity index (χ4v) is 5.94. The molecule has 1 aliphatic rings. The molecule has 1 aliphatic heterocycles. The highest BCUT2D eigenvalue weighted by molar-refractivity contribution is 6.33. The predicted octanol–water partition coefficient (Wildman–Crippen LogP) is 6.21. The van der Waals surface area contributed by atoms with Crippen LogP contribution in [-0.2, 0) is 6.54 Å². The molecule has 5 aromatic rings. The first kappa shape index (κ1) is 28.8. The lowest BCUT2D eigenvalue weighted by atomic mass is 9.89. The van der Waals surface area contributed by atoms with Crippen molar-refractivity contribution in [3.8, 4) is 22.4 Å². The van der Waals surface area contributed by atoms with Gasteiger partial charge in [-0.2, -0.15) is 4.98 Å². The molecule has 220 valence electrons. The number of nitrogens with zero attached hydrogens (tertiary/aromatic N) is 7. The lowest BCUT2D eigenvalue weighted by Gasteiger charge is -2.29. The molecule has 0 saturated carbocycles. The van der Waals surface area contributed by atoms with Crippen LogP contribution in [0.1, 0.15) is 31.2 Å². The zero-order chi connectivity index (χ0) is 30.1. The van der Waals surface area contributed by atoms with E-state index in [2.05, 4.69) is 56.5 Å². The number of rotatable bonds is 7. The number of piperidine rings is 1. The van der Waals surface area contributed by atoms with Gasteiger partial charge < -0.3 is 15.1 Å². The summed E-state index contributed by atoms with van der Waals surface area (Å²) in [5.41, 5.74) is 5.43. The maximum absolute atomic E-state index is 13.7. The fourth-order valence-electron chi connectivity index (χ4n) is 5.66. The second-order valence-corrected chi connectivity index (χ2v) is 11.7. The van der Waals surface area contributed by atoms with Gasteiger partial charge in [0.25, 0.3) is 5.56 Å². The molecule has 0 atom stereocenters. The van der Waals surface area contributed by atoms with Gasteiger partial charge in [-0.3, -0.25) is 9.36 Å². The summed E-state index contributed by atoms with van der Waals surface area (Å²) in [6.07, 6.45) is 5.65. The molecule has 0 spiro atoms. The Bertz CT molecular complexity index is 1830. The summed E-state index contributed by atoms with van der Waals surface area (Å²) >= 11 is 6.77. The fraction of sp³-hybridized carbons (Fsp3) is 0.303. The first-order chi connectivity index (χ1) is 20.8. The van der Waals surface area contributed by atoms with E-state index >= 15 is 0 Å². The molecule has 2 aromatic carbocycles. The monoisotopic (exact) mass is 594 g/mol. The van der Waals surface area contributed by atoms with Crippen molar-refractivity contribution in [2.24, 2.45) is 0 Å². The van der Waals surface area contributed by atoms with Crippen molar-refractivity contribution in [1.29, 1.82) is 0 Å². The minimum absolute atomic E-state index is 0.159. The van der Waals surface area contributed by atoms with E-state index in [1.165, 1.54) is 24.7 Å². The molecule has 0 amide bonds. The average molecular weight is 595 g/mol. The van der Waals surface area contributed by atoms with Crippen molar-refractivity contribution in [1.82, 2.24) is 29.4 Å². The number of fused-ring (bicyclic) bond motifs is 1. The van der Waals surface area contributed by atoms with Gasteiger partial charge in [-0.25, -0.2) is 15.0 Å². The van der Waals surface area contributed by atoms with Crippen LogP contribution >= 0.6 is 11.6 Å². The van der Waals surface area contributed by atoms with Crippen molar-refractivity contribution in [2.75, 3.05) is 44.4 Å². The Morgan fingerprint density at radius 1 is 0.977 bits per heavy atom. The quantitative estimate of drug-likeness (QED) is 0.238. The van der Waals surface area contributed by atoms with Crippen LogP contribution in [0.25, 0.3) is 33.4 Å². The number of pyridine rings is 1. The molecule has 0 radical (unpaired) electrons. The van der Waals surface area contributed by atoms with E-state index in [0.717, 1.165) is 41.2 Å². The molecule has 1 N–H and O–H groups in total. The number of likely N-dealkylation sites (tertiary alicyclic amines) is 1. The van der Waals surface area contributed by atoms with Gasteiger partial charge >= 0.3 is 0 Å². The van der Waals surface area contributed by atoms with Crippen LogP contribution in [0, 0.1) is 0 Å². The van der Waals surface area contributed by atoms with Crippen molar-refractivity contribution in [3.63, 3.8) is 0 Å². The van der Waals surface area contributed by atoms with Crippen molar-refractivity contribution >= 4 is 40.1 Å². The first-order valence-electron chi connectivity index (χ1n) is 14.6. The van der Waals surface area contributed by atoms with Crippen LogP contribution in [-0.4, -0.2) is 63.6 Å². The summed E-state index contributed by atoms with van der Waals surface area (Å²) in [6.45, 7) is 4.66. The van der Waals surface area contributed by atoms with Gasteiger partial charge in [0.05, 0.1) is 5.69 Å². The molecule has 1 fully saturated rings. The highest BCUT2D eigenvalue weighted by Gasteiger charge is 2.19. The van der Waals surface area contributed by atoms with Gasteiger partial charge in [-0.1, -0.05) is 35.9 Å². The third kappa shape index (κ3) is 5.96. The minimum Gasteiger partial charge on any atom is -0.363 e. The molecule has 4 heterocycles. The van der Waals surface area contributed by atoms with E-state index in [9.17, 15) is 4.79 Å². The van der Waals surface area contributed by atoms with Gasteiger partial charge in [0.15, 0.2) is 0 Å². The summed E-state index contributed by atoms with van der Waals surface area (Å²) < 4.78 is 1.67. The van der Waals surface area contributed by atoms with Gasteiger partial charge in [-0.15, -0.1) is 0 Å². The number of hydrogen-bond acceptors (Lipinski definition) is 8. The van der Waals surface area contributed by atoms with Crippen molar-refractivity contribution in [2.45, 2.75) is 32.2 Å². The molecule has 3 aromatic heterocycles. The van der Waals surface area contributed by atoms with Gasteiger partial charge in [-0.05, 0) is 75.6 Å². The zero-order valence-electron chi connectivity index (χ0n) is 24.9. The van der Waals surface area contributed by atoms with Gasteiger partial charge in [0, 0.05) is 65.7 Å². The lowest BCUT2D eigenvalue weighted by molar-refractivity contribution is 0.255. The molecule has 0 aliphatic carbocycles. The molecule has 1 saturated heterocycles. The molecular formula is C33H35ClN8O. The van der Waals surface area contributed by atoms with E-state index in [1.54, 1.807) is 10.8 Å². The first-order valence-corrected chi connectivity index (χ1v) is 14.9. The summed E-state index contributed by atoms with van der Waals surface area (Å²) in [4.78, 5) is 36.0. The number of aryl methyl sites for hydroxylation is 1. The third-order valence-corrected chi connectivity index (χ3v) is 8.48. The van der Waals surface area contributed by atoms with Crippen LogP contribution in [0.2, 0.25) is 5.02 Å². The average Bonchev–Trinajstić information content (AvgIpc) is 3.02. The zero-order valence-corrected chi connectivity index (χ0v) is 25.6. The largest absolute Gasteiger partial charge is 0.363 e. The van der Waals surface area contributed by atoms with E-state index in [1.807, 2.05) is 56.3 Å². The van der Waals surface area contributed by atoms with E-state index in [0.29, 0.717) is 40.2 Å². The molecule has 43 heavy (non-hydrogen) atoms. The second kappa shape index (κ2) is 12.1. The summed E-state index contributed by atoms with van der Waals surface area (Å²) in [7, 11) is 6.04. The summed E-state index contributed by atoms with van der Waals surface area (Å²) in [5, 5.41) is 4.53. The number of nitrogens with one attached hydrogen (secondary N) is 1. The minimum atomic E-state index is -0.159. The standard InChI is InChI=1S/C33H35ClN8O/c1-5-42-31-24(19-35-33(39-31)38-25-9-6-21(7-10-25)22-12-14-41(4)15-13-22)16-27(32(42)43)26-11-8-23(17-28(26)34)29-18-30(40(2)3)37-20-36-29/h6-11,16-20,22H,5,12-15H2,1-4H3,(H,35,38,39). The summed E-state index contributed by atoms with van der Waals surface area (Å²) in [5.74, 6) is 1.84. The molecule has 6 rings (SSSR count). The lowest BCUT2D eigenvalue weighted by Crippen LogP contribution is -2.29. The van der Waals surface area contributed by atoms with Crippen molar-refractivity contribution in [3.05, 3.63) is 88.1 Å². The Morgan fingerprint density at radius 2 is 1.74 bits per heavy atom. The molecule has 9 nitrogen and oxygen atoms in total. The van der Waals surface area contributed by atoms with Gasteiger partial charge in [0.2, 0.25) is 5.95 Å². The van der Waals surface area contributed by atoms with E-state index in [-0.39, 0.29) is 5.56 Å². The molecule has 0 unspecified atom stereocenters. The van der Waals surface area contributed by atoms with Crippen LogP contribution in [0.15, 0.2) is 71.9 Å². The molecular weight excluding hydrogens is 560 g/mol. The number of aromatic nitrogens is 5. The van der Waals surface area contributed by atoms with Crippen molar-refractivity contribution < 1.29 is 0 Å².